The molecule has 4 aromatic rings. The van der Waals surface area contributed by atoms with Gasteiger partial charge in [-0.05, 0) is 50.6 Å². The lowest BCUT2D eigenvalue weighted by molar-refractivity contribution is 0.0954. The standard InChI is InChI=1S/C29H30N2O3S/c1-20-10-6-7-15-25(20)35-19-18-30-16-9-17-31-29(33)24-14-8-13-23-26(32)21(2)27(34-28(23)24)22-11-4-3-5-12-22/h3-8,10-15,30H,9,16-19H2,1-2H3,(H,31,33). The van der Waals surface area contributed by atoms with Crippen molar-refractivity contribution in [3.05, 3.63) is 99.7 Å². The van der Waals surface area contributed by atoms with Gasteiger partial charge in [0.05, 0.1) is 10.9 Å². The first kappa shape index (κ1) is 24.8. The van der Waals surface area contributed by atoms with E-state index in [0.717, 1.165) is 30.8 Å². The van der Waals surface area contributed by atoms with Gasteiger partial charge in [0.15, 0.2) is 11.0 Å². The van der Waals surface area contributed by atoms with Crippen molar-refractivity contribution in [3.8, 4) is 11.3 Å². The van der Waals surface area contributed by atoms with Crippen molar-refractivity contribution in [3.63, 3.8) is 0 Å². The van der Waals surface area contributed by atoms with Crippen molar-refractivity contribution in [1.82, 2.24) is 10.6 Å². The Bertz CT molecular complexity index is 1370. The minimum Gasteiger partial charge on any atom is -0.455 e. The molecule has 2 N–H and O–H groups in total. The number of thioether (sulfide) groups is 1. The summed E-state index contributed by atoms with van der Waals surface area (Å²) in [5, 5.41) is 6.81. The van der Waals surface area contributed by atoms with Gasteiger partial charge in [0.2, 0.25) is 0 Å². The molecule has 0 saturated heterocycles. The van der Waals surface area contributed by atoms with E-state index in [9.17, 15) is 9.59 Å². The molecular formula is C29H30N2O3S. The highest BCUT2D eigenvalue weighted by Crippen LogP contribution is 2.27. The van der Waals surface area contributed by atoms with Crippen molar-refractivity contribution in [2.24, 2.45) is 0 Å². The predicted molar refractivity (Wildman–Crippen MR) is 144 cm³/mol. The molecule has 0 aliphatic carbocycles. The molecule has 0 saturated carbocycles. The maximum atomic E-state index is 13.0. The number of rotatable bonds is 10. The maximum absolute atomic E-state index is 13.0. The Hall–Kier alpha value is -3.35. The van der Waals surface area contributed by atoms with Crippen LogP contribution in [0.15, 0.2) is 86.9 Å². The Morgan fingerprint density at radius 3 is 2.46 bits per heavy atom. The van der Waals surface area contributed by atoms with Gasteiger partial charge >= 0.3 is 0 Å². The topological polar surface area (TPSA) is 71.3 Å². The van der Waals surface area contributed by atoms with E-state index in [-0.39, 0.29) is 11.3 Å². The highest BCUT2D eigenvalue weighted by Gasteiger charge is 2.18. The number of amides is 1. The van der Waals surface area contributed by atoms with E-state index in [4.69, 9.17) is 4.42 Å². The fourth-order valence-electron chi connectivity index (χ4n) is 3.94. The van der Waals surface area contributed by atoms with Gasteiger partial charge in [-0.25, -0.2) is 0 Å². The van der Waals surface area contributed by atoms with Crippen LogP contribution in [-0.2, 0) is 0 Å². The van der Waals surface area contributed by atoms with Crippen LogP contribution in [0.3, 0.4) is 0 Å². The van der Waals surface area contributed by atoms with E-state index >= 15 is 0 Å². The van der Waals surface area contributed by atoms with Crippen molar-refractivity contribution < 1.29 is 9.21 Å². The molecule has 4 rings (SSSR count). The Labute approximate surface area is 209 Å². The maximum Gasteiger partial charge on any atom is 0.255 e. The fourth-order valence-corrected chi connectivity index (χ4v) is 4.88. The summed E-state index contributed by atoms with van der Waals surface area (Å²) >= 11 is 1.85. The summed E-state index contributed by atoms with van der Waals surface area (Å²) in [6.45, 7) is 6.14. The van der Waals surface area contributed by atoms with Crippen LogP contribution in [0.5, 0.6) is 0 Å². The smallest absolute Gasteiger partial charge is 0.255 e. The van der Waals surface area contributed by atoms with Gasteiger partial charge in [0.25, 0.3) is 5.91 Å². The number of carbonyl (C=O) groups excluding carboxylic acids is 1. The van der Waals surface area contributed by atoms with Gasteiger partial charge in [-0.3, -0.25) is 9.59 Å². The third kappa shape index (κ3) is 6.02. The van der Waals surface area contributed by atoms with Crippen LogP contribution >= 0.6 is 11.8 Å². The summed E-state index contributed by atoms with van der Waals surface area (Å²) in [6.07, 6.45) is 0.809. The predicted octanol–water partition coefficient (Wildman–Crippen LogP) is 5.58. The van der Waals surface area contributed by atoms with Crippen LogP contribution in [0.25, 0.3) is 22.3 Å². The highest BCUT2D eigenvalue weighted by molar-refractivity contribution is 7.99. The van der Waals surface area contributed by atoms with Crippen molar-refractivity contribution in [2.75, 3.05) is 25.4 Å². The highest BCUT2D eigenvalue weighted by atomic mass is 32.2. The Morgan fingerprint density at radius 2 is 1.66 bits per heavy atom. The van der Waals surface area contributed by atoms with Crippen molar-refractivity contribution in [1.29, 1.82) is 0 Å². The van der Waals surface area contributed by atoms with Crippen LogP contribution in [0.2, 0.25) is 0 Å². The van der Waals surface area contributed by atoms with Gasteiger partial charge in [0.1, 0.15) is 5.76 Å². The van der Waals surface area contributed by atoms with E-state index in [1.165, 1.54) is 10.5 Å². The number of aryl methyl sites for hydroxylation is 1. The summed E-state index contributed by atoms with van der Waals surface area (Å²) < 4.78 is 6.15. The largest absolute Gasteiger partial charge is 0.455 e. The molecule has 0 unspecified atom stereocenters. The second-order valence-corrected chi connectivity index (χ2v) is 9.54. The zero-order chi connectivity index (χ0) is 24.6. The third-order valence-electron chi connectivity index (χ3n) is 5.87. The molecule has 0 atom stereocenters. The Balaban J connectivity index is 1.33. The molecule has 180 valence electrons. The normalized spacial score (nSPS) is 11.0. The number of nitrogens with one attached hydrogen (secondary N) is 2. The van der Waals surface area contributed by atoms with Gasteiger partial charge in [-0.15, -0.1) is 11.8 Å². The zero-order valence-electron chi connectivity index (χ0n) is 20.1. The first-order valence-electron chi connectivity index (χ1n) is 11.9. The van der Waals surface area contributed by atoms with Gasteiger partial charge < -0.3 is 15.1 Å². The third-order valence-corrected chi connectivity index (χ3v) is 7.05. The number of carbonyl (C=O) groups is 1. The molecule has 1 amide bonds. The molecule has 5 nitrogen and oxygen atoms in total. The molecule has 6 heteroatoms. The number of para-hydroxylation sites is 1. The summed E-state index contributed by atoms with van der Waals surface area (Å²) in [5.74, 6) is 1.25. The minimum absolute atomic E-state index is 0.118. The summed E-state index contributed by atoms with van der Waals surface area (Å²) in [7, 11) is 0. The number of fused-ring (bicyclic) bond motifs is 1. The Kier molecular flexibility index (Phi) is 8.40. The number of hydrogen-bond acceptors (Lipinski definition) is 5. The summed E-state index contributed by atoms with van der Waals surface area (Å²) in [5.41, 5.74) is 3.23. The van der Waals surface area contributed by atoms with Crippen LogP contribution in [-0.4, -0.2) is 31.3 Å². The molecule has 1 heterocycles. The van der Waals surface area contributed by atoms with Crippen LogP contribution in [0.1, 0.15) is 27.9 Å². The second kappa shape index (κ2) is 11.9. The molecule has 3 aromatic carbocycles. The van der Waals surface area contributed by atoms with E-state index in [0.29, 0.717) is 34.4 Å². The molecule has 35 heavy (non-hydrogen) atoms. The molecule has 0 aliphatic heterocycles. The summed E-state index contributed by atoms with van der Waals surface area (Å²) in [6, 6.07) is 23.0. The van der Waals surface area contributed by atoms with E-state index < -0.39 is 0 Å². The lowest BCUT2D eigenvalue weighted by atomic mass is 10.0. The molecule has 0 spiro atoms. The summed E-state index contributed by atoms with van der Waals surface area (Å²) in [4.78, 5) is 27.2. The molecule has 0 aliphatic rings. The minimum atomic E-state index is -0.239. The van der Waals surface area contributed by atoms with Gasteiger partial charge in [0, 0.05) is 34.9 Å². The van der Waals surface area contributed by atoms with Crippen LogP contribution in [0, 0.1) is 13.8 Å². The Morgan fingerprint density at radius 1 is 0.886 bits per heavy atom. The molecule has 0 bridgehead atoms. The van der Waals surface area contributed by atoms with Crippen LogP contribution in [0.4, 0.5) is 0 Å². The molecular weight excluding hydrogens is 456 g/mol. The zero-order valence-corrected chi connectivity index (χ0v) is 20.9. The first-order chi connectivity index (χ1) is 17.1. The van der Waals surface area contributed by atoms with Crippen LogP contribution < -0.4 is 16.1 Å². The average Bonchev–Trinajstić information content (AvgIpc) is 2.88. The monoisotopic (exact) mass is 486 g/mol. The SMILES string of the molecule is Cc1ccccc1SCCNCCCNC(=O)c1cccc2c(=O)c(C)c(-c3ccccc3)oc12. The first-order valence-corrected chi connectivity index (χ1v) is 12.8. The van der Waals surface area contributed by atoms with Gasteiger partial charge in [-0.1, -0.05) is 54.6 Å². The molecule has 1 aromatic heterocycles. The van der Waals surface area contributed by atoms with Crippen molar-refractivity contribution >= 4 is 28.6 Å². The molecule has 0 radical (unpaired) electrons. The lowest BCUT2D eigenvalue weighted by Gasteiger charge is -2.11. The number of benzene rings is 3. The fraction of sp³-hybridized carbons (Fsp3) is 0.241. The average molecular weight is 487 g/mol. The van der Waals surface area contributed by atoms with Gasteiger partial charge in [-0.2, -0.15) is 0 Å². The quantitative estimate of drug-likeness (QED) is 0.226. The van der Waals surface area contributed by atoms with E-state index in [2.05, 4.69) is 41.8 Å². The lowest BCUT2D eigenvalue weighted by Crippen LogP contribution is -2.28. The van der Waals surface area contributed by atoms with Crippen molar-refractivity contribution in [2.45, 2.75) is 25.2 Å². The number of hydrogen-bond donors (Lipinski definition) is 2. The van der Waals surface area contributed by atoms with E-state index in [1.807, 2.05) is 42.1 Å². The molecule has 0 fully saturated rings. The second-order valence-electron chi connectivity index (χ2n) is 8.41. The van der Waals surface area contributed by atoms with E-state index in [1.54, 1.807) is 25.1 Å².